The van der Waals surface area contributed by atoms with Crippen molar-refractivity contribution in [1.82, 2.24) is 15.3 Å². The largest absolute Gasteiger partial charge is 0.370 e. The number of nitrogens with two attached hydrogens (primary N) is 1. The fourth-order valence-corrected chi connectivity index (χ4v) is 4.98. The highest BCUT2D eigenvalue weighted by Gasteiger charge is 2.32. The average Bonchev–Trinajstić information content (AvgIpc) is 2.77. The first kappa shape index (κ1) is 23.2. The van der Waals surface area contributed by atoms with Crippen LogP contribution >= 0.6 is 11.6 Å². The van der Waals surface area contributed by atoms with Crippen LogP contribution < -0.4 is 16.4 Å². The number of rotatable bonds is 5. The van der Waals surface area contributed by atoms with Crippen molar-refractivity contribution in [3.05, 3.63) is 40.5 Å². The number of halogens is 1. The first-order valence-electron chi connectivity index (χ1n) is 11.2. The molecule has 1 aromatic heterocycles. The summed E-state index contributed by atoms with van der Waals surface area (Å²) in [5.74, 6) is -0.511. The summed E-state index contributed by atoms with van der Waals surface area (Å²) in [6.45, 7) is 4.68. The van der Waals surface area contributed by atoms with Crippen LogP contribution in [-0.4, -0.2) is 34.2 Å². The first-order chi connectivity index (χ1) is 15.6. The summed E-state index contributed by atoms with van der Waals surface area (Å²) in [5.41, 5.74) is 7.88. The molecule has 174 valence electrons. The lowest BCUT2D eigenvalue weighted by molar-refractivity contribution is -0.123. The summed E-state index contributed by atoms with van der Waals surface area (Å²) in [7, 11) is 0. The van der Waals surface area contributed by atoms with Crippen molar-refractivity contribution in [3.8, 4) is 11.3 Å². The SMILES string of the molecule is CC1(C)CNC(=O)c2ccc(-c3nc(NC(=O)[C@H]4CCC[C@@H](CC(N)=O)C4)ncc3Cl)cc21. The van der Waals surface area contributed by atoms with Gasteiger partial charge in [0.25, 0.3) is 5.91 Å². The molecule has 0 saturated heterocycles. The third kappa shape index (κ3) is 5.00. The normalized spacial score (nSPS) is 21.6. The van der Waals surface area contributed by atoms with E-state index in [1.807, 2.05) is 6.07 Å². The molecular weight excluding hydrogens is 442 g/mol. The van der Waals surface area contributed by atoms with Crippen molar-refractivity contribution in [2.24, 2.45) is 17.6 Å². The number of hydrogen-bond donors (Lipinski definition) is 3. The second-order valence-electron chi connectivity index (χ2n) is 9.61. The molecule has 0 spiro atoms. The van der Waals surface area contributed by atoms with Gasteiger partial charge in [-0.1, -0.05) is 37.9 Å². The zero-order valence-corrected chi connectivity index (χ0v) is 19.5. The lowest BCUT2D eigenvalue weighted by Gasteiger charge is -2.32. The summed E-state index contributed by atoms with van der Waals surface area (Å²) in [6, 6.07) is 5.51. The monoisotopic (exact) mass is 469 g/mol. The van der Waals surface area contributed by atoms with Crippen LogP contribution in [0.1, 0.15) is 61.9 Å². The van der Waals surface area contributed by atoms with Crippen LogP contribution in [0.4, 0.5) is 5.95 Å². The third-order valence-corrected chi connectivity index (χ3v) is 6.86. The first-order valence-corrected chi connectivity index (χ1v) is 11.6. The van der Waals surface area contributed by atoms with Gasteiger partial charge in [-0.05, 0) is 42.9 Å². The Bertz CT molecular complexity index is 1120. The molecular formula is C24H28ClN5O3. The Morgan fingerprint density at radius 1 is 1.30 bits per heavy atom. The highest BCUT2D eigenvalue weighted by atomic mass is 35.5. The van der Waals surface area contributed by atoms with Crippen LogP contribution in [0.3, 0.4) is 0 Å². The number of carbonyl (C=O) groups excluding carboxylic acids is 3. The van der Waals surface area contributed by atoms with Gasteiger partial charge in [0, 0.05) is 35.4 Å². The lowest BCUT2D eigenvalue weighted by Crippen LogP contribution is -2.43. The predicted octanol–water partition coefficient (Wildman–Crippen LogP) is 3.44. The van der Waals surface area contributed by atoms with E-state index in [2.05, 4.69) is 34.4 Å². The van der Waals surface area contributed by atoms with E-state index < -0.39 is 0 Å². The smallest absolute Gasteiger partial charge is 0.251 e. The number of hydrogen-bond acceptors (Lipinski definition) is 5. The van der Waals surface area contributed by atoms with Crippen molar-refractivity contribution in [2.75, 3.05) is 11.9 Å². The molecule has 1 saturated carbocycles. The Hall–Kier alpha value is -3.00. The predicted molar refractivity (Wildman–Crippen MR) is 126 cm³/mol. The van der Waals surface area contributed by atoms with Crippen molar-refractivity contribution in [2.45, 2.75) is 51.4 Å². The molecule has 0 unspecified atom stereocenters. The minimum Gasteiger partial charge on any atom is -0.370 e. The van der Waals surface area contributed by atoms with Gasteiger partial charge in [-0.25, -0.2) is 9.97 Å². The number of aromatic nitrogens is 2. The fraction of sp³-hybridized carbons (Fsp3) is 0.458. The number of fused-ring (bicyclic) bond motifs is 1. The van der Waals surface area contributed by atoms with Gasteiger partial charge in [0.2, 0.25) is 17.8 Å². The quantitative estimate of drug-likeness (QED) is 0.618. The summed E-state index contributed by atoms with van der Waals surface area (Å²) in [6.07, 6.45) is 4.93. The summed E-state index contributed by atoms with van der Waals surface area (Å²) in [5, 5.41) is 6.07. The van der Waals surface area contributed by atoms with E-state index in [9.17, 15) is 14.4 Å². The minimum absolute atomic E-state index is 0.0975. The van der Waals surface area contributed by atoms with Crippen molar-refractivity contribution < 1.29 is 14.4 Å². The molecule has 2 aliphatic rings. The van der Waals surface area contributed by atoms with Crippen LogP contribution in [0.5, 0.6) is 0 Å². The van der Waals surface area contributed by atoms with E-state index in [1.165, 1.54) is 6.20 Å². The third-order valence-electron chi connectivity index (χ3n) is 6.58. The zero-order chi connectivity index (χ0) is 23.8. The second kappa shape index (κ2) is 9.09. The number of primary amides is 1. The van der Waals surface area contributed by atoms with Gasteiger partial charge in [0.1, 0.15) is 0 Å². The van der Waals surface area contributed by atoms with Gasteiger partial charge >= 0.3 is 0 Å². The molecule has 2 heterocycles. The number of amides is 3. The molecule has 1 aliphatic heterocycles. The maximum absolute atomic E-state index is 12.9. The van der Waals surface area contributed by atoms with Gasteiger partial charge in [-0.3, -0.25) is 19.7 Å². The molecule has 2 aromatic rings. The lowest BCUT2D eigenvalue weighted by atomic mass is 9.78. The van der Waals surface area contributed by atoms with E-state index in [-0.39, 0.29) is 40.9 Å². The van der Waals surface area contributed by atoms with E-state index in [4.69, 9.17) is 17.3 Å². The molecule has 4 rings (SSSR count). The molecule has 2 atom stereocenters. The van der Waals surface area contributed by atoms with Gasteiger partial charge in [-0.15, -0.1) is 0 Å². The Balaban J connectivity index is 1.56. The van der Waals surface area contributed by atoms with E-state index in [0.29, 0.717) is 35.7 Å². The van der Waals surface area contributed by atoms with Crippen molar-refractivity contribution in [3.63, 3.8) is 0 Å². The number of benzene rings is 1. The Labute approximate surface area is 197 Å². The average molecular weight is 470 g/mol. The Morgan fingerprint density at radius 2 is 2.09 bits per heavy atom. The molecule has 1 aromatic carbocycles. The molecule has 0 bridgehead atoms. The zero-order valence-electron chi connectivity index (χ0n) is 18.8. The highest BCUT2D eigenvalue weighted by Crippen LogP contribution is 2.35. The van der Waals surface area contributed by atoms with Crippen LogP contribution in [0.2, 0.25) is 5.02 Å². The Kier molecular flexibility index (Phi) is 6.38. The number of nitrogens with zero attached hydrogens (tertiary/aromatic N) is 2. The summed E-state index contributed by atoms with van der Waals surface area (Å²) < 4.78 is 0. The molecule has 3 amide bonds. The van der Waals surface area contributed by atoms with Crippen LogP contribution in [0.15, 0.2) is 24.4 Å². The van der Waals surface area contributed by atoms with Gasteiger partial charge in [0.05, 0.1) is 16.9 Å². The molecule has 4 N–H and O–H groups in total. The topological polar surface area (TPSA) is 127 Å². The van der Waals surface area contributed by atoms with E-state index >= 15 is 0 Å². The molecule has 1 aliphatic carbocycles. The molecule has 1 fully saturated rings. The Morgan fingerprint density at radius 3 is 2.85 bits per heavy atom. The molecule has 9 heteroatoms. The van der Waals surface area contributed by atoms with Gasteiger partial charge in [-0.2, -0.15) is 0 Å². The molecule has 8 nitrogen and oxygen atoms in total. The maximum Gasteiger partial charge on any atom is 0.251 e. The van der Waals surface area contributed by atoms with E-state index in [1.54, 1.807) is 12.1 Å². The highest BCUT2D eigenvalue weighted by molar-refractivity contribution is 6.33. The van der Waals surface area contributed by atoms with Crippen molar-refractivity contribution in [1.29, 1.82) is 0 Å². The summed E-state index contributed by atoms with van der Waals surface area (Å²) >= 11 is 6.41. The number of nitrogens with one attached hydrogen (secondary N) is 2. The van der Waals surface area contributed by atoms with Crippen LogP contribution in [0.25, 0.3) is 11.3 Å². The fourth-order valence-electron chi connectivity index (χ4n) is 4.78. The summed E-state index contributed by atoms with van der Waals surface area (Å²) in [4.78, 5) is 45.1. The molecule has 33 heavy (non-hydrogen) atoms. The van der Waals surface area contributed by atoms with E-state index in [0.717, 1.165) is 30.4 Å². The van der Waals surface area contributed by atoms with Gasteiger partial charge < -0.3 is 11.1 Å². The maximum atomic E-state index is 12.9. The number of anilines is 1. The molecule has 0 radical (unpaired) electrons. The second-order valence-corrected chi connectivity index (χ2v) is 10.0. The standard InChI is InChI=1S/C24H28ClN5O3/c1-24(2)12-28-22(33)16-7-6-14(10-17(16)24)20-18(25)11-27-23(29-20)30-21(32)15-5-3-4-13(8-15)9-19(26)31/h6-7,10-11,13,15H,3-5,8-9,12H2,1-2H3,(H2,26,31)(H,28,33)(H,27,29,30,32)/t13-,15+/m1/s1. The van der Waals surface area contributed by atoms with Crippen LogP contribution in [0, 0.1) is 11.8 Å². The van der Waals surface area contributed by atoms with Crippen molar-refractivity contribution >= 4 is 35.3 Å². The number of carbonyl (C=O) groups is 3. The van der Waals surface area contributed by atoms with Crippen LogP contribution in [-0.2, 0) is 15.0 Å². The van der Waals surface area contributed by atoms with Gasteiger partial charge in [0.15, 0.2) is 0 Å². The minimum atomic E-state index is -0.336.